The van der Waals surface area contributed by atoms with Crippen LogP contribution in [0, 0.1) is 0 Å². The molecule has 0 saturated carbocycles. The molecule has 1 aromatic carbocycles. The molecule has 1 saturated heterocycles. The second-order valence-electron chi connectivity index (χ2n) is 5.81. The van der Waals surface area contributed by atoms with Crippen LogP contribution < -0.4 is 0 Å². The van der Waals surface area contributed by atoms with Crippen LogP contribution in [0.5, 0.6) is 0 Å². The largest absolute Gasteiger partial charge is 0.342 e. The molecule has 3 heterocycles. The Labute approximate surface area is 128 Å². The third-order valence-corrected chi connectivity index (χ3v) is 4.36. The summed E-state index contributed by atoms with van der Waals surface area (Å²) in [5, 5.41) is 0. The zero-order valence-electron chi connectivity index (χ0n) is 12.4. The Morgan fingerprint density at radius 3 is 2.77 bits per heavy atom. The molecule has 1 fully saturated rings. The fourth-order valence-electron chi connectivity index (χ4n) is 3.19. The maximum Gasteiger partial charge on any atom is 0.228 e. The standard InChI is InChI=1S/C17H18N4O/c22-17(20-8-4-1-5-9-20)10-14-16-11-18-12-21(16)15-7-3-2-6-13(15)19-14/h2-3,6-7,11-12H,1,4-5,8-10H2. The van der Waals surface area contributed by atoms with Crippen LogP contribution in [-0.2, 0) is 11.2 Å². The van der Waals surface area contributed by atoms with Crippen molar-refractivity contribution in [3.05, 3.63) is 42.5 Å². The number of likely N-dealkylation sites (tertiary alicyclic amines) is 1. The molecule has 0 bridgehead atoms. The number of amides is 1. The monoisotopic (exact) mass is 294 g/mol. The predicted molar refractivity (Wildman–Crippen MR) is 84.6 cm³/mol. The molecule has 2 aromatic heterocycles. The van der Waals surface area contributed by atoms with E-state index in [2.05, 4.69) is 4.98 Å². The first-order chi connectivity index (χ1) is 10.8. The Morgan fingerprint density at radius 1 is 1.09 bits per heavy atom. The fourth-order valence-corrected chi connectivity index (χ4v) is 3.19. The minimum absolute atomic E-state index is 0.172. The van der Waals surface area contributed by atoms with Gasteiger partial charge in [0.2, 0.25) is 5.91 Å². The highest BCUT2D eigenvalue weighted by Gasteiger charge is 2.19. The molecule has 5 nitrogen and oxygen atoms in total. The van der Waals surface area contributed by atoms with Crippen LogP contribution in [0.15, 0.2) is 36.8 Å². The Kier molecular flexibility index (Phi) is 3.25. The Balaban J connectivity index is 1.73. The van der Waals surface area contributed by atoms with E-state index in [9.17, 15) is 4.79 Å². The lowest BCUT2D eigenvalue weighted by atomic mass is 10.1. The quantitative estimate of drug-likeness (QED) is 0.729. The number of para-hydroxylation sites is 2. The lowest BCUT2D eigenvalue weighted by molar-refractivity contribution is -0.131. The normalized spacial score (nSPS) is 15.5. The van der Waals surface area contributed by atoms with E-state index in [4.69, 9.17) is 4.98 Å². The molecule has 0 aliphatic carbocycles. The van der Waals surface area contributed by atoms with E-state index in [-0.39, 0.29) is 5.91 Å². The number of benzene rings is 1. The number of piperidine rings is 1. The van der Waals surface area contributed by atoms with E-state index in [0.717, 1.165) is 48.2 Å². The van der Waals surface area contributed by atoms with E-state index in [0.29, 0.717) is 6.42 Å². The molecule has 0 unspecified atom stereocenters. The first-order valence-corrected chi connectivity index (χ1v) is 7.80. The van der Waals surface area contributed by atoms with Gasteiger partial charge in [0.1, 0.15) is 0 Å². The van der Waals surface area contributed by atoms with Crippen molar-refractivity contribution in [2.75, 3.05) is 13.1 Å². The summed E-state index contributed by atoms with van der Waals surface area (Å²) in [4.78, 5) is 23.4. The highest BCUT2D eigenvalue weighted by Crippen LogP contribution is 2.19. The predicted octanol–water partition coefficient (Wildman–Crippen LogP) is 2.44. The lowest BCUT2D eigenvalue weighted by Gasteiger charge is -2.26. The van der Waals surface area contributed by atoms with Crippen molar-refractivity contribution in [3.63, 3.8) is 0 Å². The zero-order valence-corrected chi connectivity index (χ0v) is 12.4. The lowest BCUT2D eigenvalue weighted by Crippen LogP contribution is -2.36. The van der Waals surface area contributed by atoms with Crippen LogP contribution in [0.2, 0.25) is 0 Å². The summed E-state index contributed by atoms with van der Waals surface area (Å²) >= 11 is 0. The number of nitrogens with zero attached hydrogens (tertiary/aromatic N) is 4. The van der Waals surface area contributed by atoms with Gasteiger partial charge in [0.25, 0.3) is 0 Å². The zero-order chi connectivity index (χ0) is 14.9. The summed E-state index contributed by atoms with van der Waals surface area (Å²) in [6, 6.07) is 7.95. The third kappa shape index (κ3) is 2.22. The minimum atomic E-state index is 0.172. The molecule has 4 rings (SSSR count). The number of fused-ring (bicyclic) bond motifs is 3. The first-order valence-electron chi connectivity index (χ1n) is 7.80. The number of hydrogen-bond acceptors (Lipinski definition) is 3. The Hall–Kier alpha value is -2.43. The van der Waals surface area contributed by atoms with Gasteiger partial charge in [0.15, 0.2) is 0 Å². The number of hydrogen-bond donors (Lipinski definition) is 0. The maximum absolute atomic E-state index is 12.5. The molecule has 22 heavy (non-hydrogen) atoms. The van der Waals surface area contributed by atoms with Crippen LogP contribution in [-0.4, -0.2) is 38.3 Å². The van der Waals surface area contributed by atoms with Crippen LogP contribution in [0.3, 0.4) is 0 Å². The molecular weight excluding hydrogens is 276 g/mol. The second-order valence-corrected chi connectivity index (χ2v) is 5.81. The fraction of sp³-hybridized carbons (Fsp3) is 0.353. The smallest absolute Gasteiger partial charge is 0.228 e. The van der Waals surface area contributed by atoms with Gasteiger partial charge in [-0.05, 0) is 31.4 Å². The summed E-state index contributed by atoms with van der Waals surface area (Å²) < 4.78 is 2.02. The SMILES string of the molecule is O=C(Cc1nc2ccccc2n2cncc12)N1CCCCC1. The maximum atomic E-state index is 12.5. The van der Waals surface area contributed by atoms with Gasteiger partial charge in [-0.2, -0.15) is 0 Å². The summed E-state index contributed by atoms with van der Waals surface area (Å²) in [6.07, 6.45) is 7.37. The van der Waals surface area contributed by atoms with E-state index in [1.54, 1.807) is 12.5 Å². The van der Waals surface area contributed by atoms with Crippen LogP contribution in [0.4, 0.5) is 0 Å². The topological polar surface area (TPSA) is 50.5 Å². The molecule has 0 radical (unpaired) electrons. The van der Waals surface area contributed by atoms with E-state index in [1.165, 1.54) is 6.42 Å². The first kappa shape index (κ1) is 13.2. The second kappa shape index (κ2) is 5.40. The molecule has 0 atom stereocenters. The molecular formula is C17H18N4O. The van der Waals surface area contributed by atoms with Crippen molar-refractivity contribution in [3.8, 4) is 0 Å². The van der Waals surface area contributed by atoms with Crippen LogP contribution in [0.25, 0.3) is 16.6 Å². The van der Waals surface area contributed by atoms with Crippen molar-refractivity contribution >= 4 is 22.5 Å². The highest BCUT2D eigenvalue weighted by atomic mass is 16.2. The van der Waals surface area contributed by atoms with Gasteiger partial charge in [-0.3, -0.25) is 9.20 Å². The minimum Gasteiger partial charge on any atom is -0.342 e. The van der Waals surface area contributed by atoms with Crippen LogP contribution >= 0.6 is 0 Å². The average molecular weight is 294 g/mol. The van der Waals surface area contributed by atoms with Gasteiger partial charge in [-0.15, -0.1) is 0 Å². The number of imidazole rings is 1. The molecule has 5 heteroatoms. The molecule has 0 N–H and O–H groups in total. The summed E-state index contributed by atoms with van der Waals surface area (Å²) in [7, 11) is 0. The molecule has 1 amide bonds. The van der Waals surface area contributed by atoms with Crippen LogP contribution in [0.1, 0.15) is 25.0 Å². The number of aromatic nitrogens is 3. The molecule has 1 aliphatic rings. The van der Waals surface area contributed by atoms with Crippen molar-refractivity contribution in [1.82, 2.24) is 19.3 Å². The molecule has 3 aromatic rings. The van der Waals surface area contributed by atoms with Gasteiger partial charge >= 0.3 is 0 Å². The Bertz CT molecular complexity index is 833. The van der Waals surface area contributed by atoms with E-state index >= 15 is 0 Å². The van der Waals surface area contributed by atoms with Gasteiger partial charge in [-0.1, -0.05) is 12.1 Å². The van der Waals surface area contributed by atoms with Crippen molar-refractivity contribution in [2.45, 2.75) is 25.7 Å². The summed E-state index contributed by atoms with van der Waals surface area (Å²) in [6.45, 7) is 1.75. The number of rotatable bonds is 2. The number of carbonyl (C=O) groups is 1. The van der Waals surface area contributed by atoms with Crippen molar-refractivity contribution in [1.29, 1.82) is 0 Å². The van der Waals surface area contributed by atoms with Gasteiger partial charge in [-0.25, -0.2) is 9.97 Å². The van der Waals surface area contributed by atoms with Crippen molar-refractivity contribution in [2.24, 2.45) is 0 Å². The van der Waals surface area contributed by atoms with Gasteiger partial charge in [0.05, 0.1) is 41.2 Å². The summed E-state index contributed by atoms with van der Waals surface area (Å²) in [5.41, 5.74) is 3.65. The highest BCUT2D eigenvalue weighted by molar-refractivity contribution is 5.84. The third-order valence-electron chi connectivity index (χ3n) is 4.36. The number of carbonyl (C=O) groups excluding carboxylic acids is 1. The van der Waals surface area contributed by atoms with E-state index in [1.807, 2.05) is 33.6 Å². The Morgan fingerprint density at radius 2 is 1.91 bits per heavy atom. The molecule has 1 aliphatic heterocycles. The molecule has 0 spiro atoms. The molecule has 112 valence electrons. The van der Waals surface area contributed by atoms with Gasteiger partial charge in [0, 0.05) is 13.1 Å². The average Bonchev–Trinajstić information content (AvgIpc) is 3.06. The van der Waals surface area contributed by atoms with Crippen molar-refractivity contribution < 1.29 is 4.79 Å². The van der Waals surface area contributed by atoms with E-state index < -0.39 is 0 Å². The van der Waals surface area contributed by atoms with Gasteiger partial charge < -0.3 is 4.90 Å². The summed E-state index contributed by atoms with van der Waals surface area (Å²) in [5.74, 6) is 0.172.